The average molecular weight is 860 g/mol. The fourth-order valence-electron chi connectivity index (χ4n) is 10.4. The Bertz CT molecular complexity index is 3400. The normalized spacial score (nSPS) is 12.9. The third-order valence-corrected chi connectivity index (χ3v) is 14.8. The standard InChI is InChI=1S/C63H41NOS/c1-3-13-42(14-4-1)44-23-27-46(28-24-44)48-31-35-50(36-32-48)64(51-37-33-49(34-38-51)47-29-25-45(26-30-47)43-15-5-2-6-16-43)52-39-40-59-55(41-52)61-62(65-59)63(58-21-11-12-22-60(58)66-61)56-19-9-7-17-53(56)54-18-8-10-20-57(54)63/h1-41H. The molecule has 0 saturated carbocycles. The average Bonchev–Trinajstić information content (AvgIpc) is 3.91. The maximum absolute atomic E-state index is 7.21. The SMILES string of the molecule is c1ccc(-c2ccc(-c3ccc(N(c4ccc(-c5ccc(-c6ccccc6)cc5)cc4)c4ccc5oc6c(c5c4)Sc4ccccc4C64c5ccccc5-c5ccccc54)cc3)cc2)cc1. The van der Waals surface area contributed by atoms with E-state index in [0.717, 1.165) is 33.8 Å². The molecule has 2 aliphatic rings. The zero-order valence-electron chi connectivity index (χ0n) is 35.9. The molecule has 2 heterocycles. The molecule has 1 aromatic heterocycles. The number of anilines is 3. The molecular formula is C63H41NOS. The van der Waals surface area contributed by atoms with Crippen LogP contribution in [0.2, 0.25) is 0 Å². The van der Waals surface area contributed by atoms with Crippen LogP contribution in [0.3, 0.4) is 0 Å². The Morgan fingerprint density at radius 1 is 0.333 bits per heavy atom. The number of hydrogen-bond donors (Lipinski definition) is 0. The van der Waals surface area contributed by atoms with E-state index in [0.29, 0.717) is 0 Å². The smallest absolute Gasteiger partial charge is 0.138 e. The Morgan fingerprint density at radius 2 is 0.712 bits per heavy atom. The van der Waals surface area contributed by atoms with Gasteiger partial charge in [-0.15, -0.1) is 0 Å². The quantitative estimate of drug-likeness (QED) is 0.159. The lowest BCUT2D eigenvalue weighted by molar-refractivity contribution is 0.478. The van der Waals surface area contributed by atoms with E-state index in [1.165, 1.54) is 82.1 Å². The number of benzene rings is 10. The number of hydrogen-bond acceptors (Lipinski definition) is 3. The summed E-state index contributed by atoms with van der Waals surface area (Å²) in [4.78, 5) is 4.79. The largest absolute Gasteiger partial charge is 0.458 e. The van der Waals surface area contributed by atoms with Gasteiger partial charge >= 0.3 is 0 Å². The Kier molecular flexibility index (Phi) is 9.04. The molecule has 310 valence electrons. The Balaban J connectivity index is 0.930. The van der Waals surface area contributed by atoms with Crippen LogP contribution >= 0.6 is 11.8 Å². The fourth-order valence-corrected chi connectivity index (χ4v) is 11.7. The molecule has 0 fully saturated rings. The van der Waals surface area contributed by atoms with Gasteiger partial charge in [0.15, 0.2) is 0 Å². The molecule has 1 aliphatic heterocycles. The van der Waals surface area contributed by atoms with Crippen molar-refractivity contribution in [1.82, 2.24) is 0 Å². The minimum Gasteiger partial charge on any atom is -0.458 e. The van der Waals surface area contributed by atoms with Crippen molar-refractivity contribution in [3.05, 3.63) is 271 Å². The maximum Gasteiger partial charge on any atom is 0.138 e. The Labute approximate surface area is 389 Å². The molecule has 0 amide bonds. The summed E-state index contributed by atoms with van der Waals surface area (Å²) in [5.41, 5.74) is 19.4. The third kappa shape index (κ3) is 6.12. The molecule has 0 atom stereocenters. The first kappa shape index (κ1) is 38.4. The van der Waals surface area contributed by atoms with Crippen molar-refractivity contribution in [3.63, 3.8) is 0 Å². The van der Waals surface area contributed by atoms with E-state index in [2.05, 4.69) is 254 Å². The molecule has 66 heavy (non-hydrogen) atoms. The van der Waals surface area contributed by atoms with Gasteiger partial charge in [-0.05, 0) is 121 Å². The summed E-state index contributed by atoms with van der Waals surface area (Å²) in [5.74, 6) is 0.993. The van der Waals surface area contributed by atoms with Crippen molar-refractivity contribution < 1.29 is 4.42 Å². The van der Waals surface area contributed by atoms with Crippen molar-refractivity contribution >= 4 is 39.8 Å². The molecular weight excluding hydrogens is 819 g/mol. The van der Waals surface area contributed by atoms with Crippen LogP contribution < -0.4 is 4.90 Å². The van der Waals surface area contributed by atoms with Gasteiger partial charge in [0.25, 0.3) is 0 Å². The van der Waals surface area contributed by atoms with Gasteiger partial charge < -0.3 is 9.32 Å². The van der Waals surface area contributed by atoms with E-state index in [1.54, 1.807) is 0 Å². The van der Waals surface area contributed by atoms with Crippen LogP contribution in [0, 0.1) is 0 Å². The van der Waals surface area contributed by atoms with Crippen molar-refractivity contribution in [1.29, 1.82) is 0 Å². The first-order valence-electron chi connectivity index (χ1n) is 22.6. The van der Waals surface area contributed by atoms with E-state index in [4.69, 9.17) is 4.42 Å². The van der Waals surface area contributed by atoms with Crippen LogP contribution in [-0.2, 0) is 5.41 Å². The summed E-state index contributed by atoms with van der Waals surface area (Å²) in [5, 5.41) is 1.11. The lowest BCUT2D eigenvalue weighted by Gasteiger charge is -2.36. The summed E-state index contributed by atoms with van der Waals surface area (Å²) in [7, 11) is 0. The molecule has 0 bridgehead atoms. The molecule has 10 aromatic carbocycles. The predicted octanol–water partition coefficient (Wildman–Crippen LogP) is 17.4. The van der Waals surface area contributed by atoms with E-state index in [1.807, 2.05) is 11.8 Å². The minimum atomic E-state index is -0.576. The summed E-state index contributed by atoms with van der Waals surface area (Å²) in [6, 6.07) is 90.2. The van der Waals surface area contributed by atoms with Crippen molar-refractivity contribution in [2.24, 2.45) is 0 Å². The first-order chi connectivity index (χ1) is 32.7. The van der Waals surface area contributed by atoms with Crippen LogP contribution in [0.1, 0.15) is 22.5 Å². The topological polar surface area (TPSA) is 16.4 Å². The van der Waals surface area contributed by atoms with Gasteiger partial charge in [-0.25, -0.2) is 0 Å². The third-order valence-electron chi connectivity index (χ3n) is 13.6. The van der Waals surface area contributed by atoms with Gasteiger partial charge in [0.2, 0.25) is 0 Å². The molecule has 0 N–H and O–H groups in total. The Hall–Kier alpha value is -8.11. The van der Waals surface area contributed by atoms with Gasteiger partial charge in [0, 0.05) is 27.3 Å². The second-order valence-corrected chi connectivity index (χ2v) is 18.2. The molecule has 0 unspecified atom stereocenters. The second-order valence-electron chi connectivity index (χ2n) is 17.2. The van der Waals surface area contributed by atoms with Crippen molar-refractivity contribution in [3.8, 4) is 55.6 Å². The summed E-state index contributed by atoms with van der Waals surface area (Å²) in [6.45, 7) is 0. The zero-order chi connectivity index (χ0) is 43.6. The highest BCUT2D eigenvalue weighted by molar-refractivity contribution is 7.99. The zero-order valence-corrected chi connectivity index (χ0v) is 36.8. The number of furan rings is 1. The summed E-state index contributed by atoms with van der Waals surface area (Å²) in [6.07, 6.45) is 0. The number of rotatable bonds is 7. The van der Waals surface area contributed by atoms with Crippen LogP contribution in [0.15, 0.2) is 263 Å². The number of fused-ring (bicyclic) bond motifs is 11. The molecule has 13 rings (SSSR count). The van der Waals surface area contributed by atoms with E-state index >= 15 is 0 Å². The lowest BCUT2D eigenvalue weighted by Crippen LogP contribution is -2.31. The van der Waals surface area contributed by atoms with Gasteiger partial charge in [-0.2, -0.15) is 0 Å². The van der Waals surface area contributed by atoms with Crippen LogP contribution in [-0.4, -0.2) is 0 Å². The second kappa shape index (κ2) is 15.6. The molecule has 1 aliphatic carbocycles. The molecule has 0 saturated heterocycles. The summed E-state index contributed by atoms with van der Waals surface area (Å²) >= 11 is 1.83. The van der Waals surface area contributed by atoms with E-state index in [9.17, 15) is 0 Å². The minimum absolute atomic E-state index is 0.576. The van der Waals surface area contributed by atoms with Gasteiger partial charge in [-0.1, -0.05) is 212 Å². The van der Waals surface area contributed by atoms with Crippen molar-refractivity contribution in [2.45, 2.75) is 15.2 Å². The van der Waals surface area contributed by atoms with Gasteiger partial charge in [0.1, 0.15) is 16.8 Å². The lowest BCUT2D eigenvalue weighted by atomic mass is 9.70. The number of nitrogens with zero attached hydrogens (tertiary/aromatic N) is 1. The maximum atomic E-state index is 7.21. The predicted molar refractivity (Wildman–Crippen MR) is 274 cm³/mol. The fraction of sp³-hybridized carbons (Fsp3) is 0.0159. The molecule has 0 radical (unpaired) electrons. The molecule has 11 aromatic rings. The van der Waals surface area contributed by atoms with Gasteiger partial charge in [-0.3, -0.25) is 0 Å². The highest BCUT2D eigenvalue weighted by Crippen LogP contribution is 2.64. The Morgan fingerprint density at radius 3 is 1.20 bits per heavy atom. The van der Waals surface area contributed by atoms with E-state index in [-0.39, 0.29) is 0 Å². The molecule has 1 spiro atoms. The van der Waals surface area contributed by atoms with Crippen LogP contribution in [0.5, 0.6) is 0 Å². The van der Waals surface area contributed by atoms with Crippen LogP contribution in [0.25, 0.3) is 66.6 Å². The highest BCUT2D eigenvalue weighted by atomic mass is 32.2. The first-order valence-corrected chi connectivity index (χ1v) is 23.4. The van der Waals surface area contributed by atoms with Gasteiger partial charge in [0.05, 0.1) is 4.90 Å². The molecule has 3 heteroatoms. The van der Waals surface area contributed by atoms with E-state index < -0.39 is 5.41 Å². The highest BCUT2D eigenvalue weighted by Gasteiger charge is 2.53. The van der Waals surface area contributed by atoms with Crippen LogP contribution in [0.4, 0.5) is 17.1 Å². The van der Waals surface area contributed by atoms with Crippen molar-refractivity contribution in [2.75, 3.05) is 4.90 Å². The molecule has 2 nitrogen and oxygen atoms in total. The summed E-state index contributed by atoms with van der Waals surface area (Å²) < 4.78 is 7.21. The monoisotopic (exact) mass is 859 g/mol.